The molecule has 0 saturated carbocycles. The fourth-order valence-corrected chi connectivity index (χ4v) is 3.08. The van der Waals surface area contributed by atoms with Crippen molar-refractivity contribution in [3.05, 3.63) is 35.9 Å². The first-order valence-electron chi connectivity index (χ1n) is 7.67. The SMILES string of the molecule is CCC(C)CC(C)N1C(=O)C(c2ccccc2)NC1C. The standard InChI is InChI=1S/C17H26N2O/c1-5-12(2)11-13(3)19-14(4)18-16(17(19)20)15-9-7-6-8-10-15/h6-10,12-14,16,18H,5,11H2,1-4H3. The van der Waals surface area contributed by atoms with Gasteiger partial charge < -0.3 is 4.90 Å². The highest BCUT2D eigenvalue weighted by Gasteiger charge is 2.39. The summed E-state index contributed by atoms with van der Waals surface area (Å²) in [7, 11) is 0. The lowest BCUT2D eigenvalue weighted by Crippen LogP contribution is -2.42. The van der Waals surface area contributed by atoms with Crippen LogP contribution in [0.25, 0.3) is 0 Å². The Kier molecular flexibility index (Phi) is 4.81. The van der Waals surface area contributed by atoms with Gasteiger partial charge in [0, 0.05) is 6.04 Å². The molecule has 1 fully saturated rings. The van der Waals surface area contributed by atoms with Crippen molar-refractivity contribution < 1.29 is 4.79 Å². The van der Waals surface area contributed by atoms with E-state index in [2.05, 4.69) is 33.0 Å². The molecule has 2 rings (SSSR count). The van der Waals surface area contributed by atoms with Gasteiger partial charge in [-0.3, -0.25) is 10.1 Å². The Bertz CT molecular complexity index is 446. The maximum Gasteiger partial charge on any atom is 0.245 e. The molecular weight excluding hydrogens is 248 g/mol. The molecule has 110 valence electrons. The van der Waals surface area contributed by atoms with Crippen molar-refractivity contribution >= 4 is 5.91 Å². The molecule has 20 heavy (non-hydrogen) atoms. The van der Waals surface area contributed by atoms with Gasteiger partial charge in [-0.25, -0.2) is 0 Å². The zero-order valence-electron chi connectivity index (χ0n) is 13.0. The molecule has 0 spiro atoms. The molecule has 0 bridgehead atoms. The van der Waals surface area contributed by atoms with E-state index in [0.29, 0.717) is 5.92 Å². The molecule has 1 aromatic rings. The third-order valence-corrected chi connectivity index (χ3v) is 4.37. The Labute approximate surface area is 122 Å². The van der Waals surface area contributed by atoms with E-state index < -0.39 is 0 Å². The van der Waals surface area contributed by atoms with Gasteiger partial charge in [0.15, 0.2) is 0 Å². The van der Waals surface area contributed by atoms with E-state index in [4.69, 9.17) is 0 Å². The minimum Gasteiger partial charge on any atom is -0.323 e. The molecule has 4 unspecified atom stereocenters. The highest BCUT2D eigenvalue weighted by atomic mass is 16.2. The van der Waals surface area contributed by atoms with Crippen LogP contribution in [0.2, 0.25) is 0 Å². The average molecular weight is 274 g/mol. The van der Waals surface area contributed by atoms with E-state index in [1.807, 2.05) is 35.2 Å². The van der Waals surface area contributed by atoms with Crippen LogP contribution in [0.5, 0.6) is 0 Å². The minimum absolute atomic E-state index is 0.103. The Morgan fingerprint density at radius 1 is 1.25 bits per heavy atom. The lowest BCUT2D eigenvalue weighted by molar-refractivity contribution is -0.132. The number of nitrogens with one attached hydrogen (secondary N) is 1. The summed E-state index contributed by atoms with van der Waals surface area (Å²) in [6, 6.07) is 10.1. The van der Waals surface area contributed by atoms with Gasteiger partial charge in [-0.1, -0.05) is 50.6 Å². The number of nitrogens with zero attached hydrogens (tertiary/aromatic N) is 1. The van der Waals surface area contributed by atoms with Gasteiger partial charge in [-0.2, -0.15) is 0 Å². The predicted octanol–water partition coefficient (Wildman–Crippen LogP) is 3.33. The van der Waals surface area contributed by atoms with Crippen LogP contribution in [0.4, 0.5) is 0 Å². The van der Waals surface area contributed by atoms with E-state index in [1.54, 1.807) is 0 Å². The number of carbonyl (C=O) groups excluding carboxylic acids is 1. The van der Waals surface area contributed by atoms with Crippen molar-refractivity contribution in [1.82, 2.24) is 10.2 Å². The molecule has 1 saturated heterocycles. The molecule has 1 N–H and O–H groups in total. The van der Waals surface area contributed by atoms with E-state index >= 15 is 0 Å². The summed E-state index contributed by atoms with van der Waals surface area (Å²) in [6.07, 6.45) is 2.33. The summed E-state index contributed by atoms with van der Waals surface area (Å²) >= 11 is 0. The van der Waals surface area contributed by atoms with Crippen LogP contribution in [0, 0.1) is 5.92 Å². The summed E-state index contributed by atoms with van der Waals surface area (Å²) < 4.78 is 0. The van der Waals surface area contributed by atoms with Crippen LogP contribution in [0.3, 0.4) is 0 Å². The molecule has 1 amide bonds. The van der Waals surface area contributed by atoms with Crippen molar-refractivity contribution in [1.29, 1.82) is 0 Å². The maximum atomic E-state index is 12.7. The Morgan fingerprint density at radius 3 is 2.50 bits per heavy atom. The third-order valence-electron chi connectivity index (χ3n) is 4.37. The molecule has 3 heteroatoms. The molecule has 1 aromatic carbocycles. The second kappa shape index (κ2) is 6.40. The van der Waals surface area contributed by atoms with E-state index in [0.717, 1.165) is 18.4 Å². The lowest BCUT2D eigenvalue weighted by Gasteiger charge is -2.30. The van der Waals surface area contributed by atoms with Crippen LogP contribution in [0.1, 0.15) is 52.1 Å². The van der Waals surface area contributed by atoms with Gasteiger partial charge in [0.05, 0.1) is 6.17 Å². The van der Waals surface area contributed by atoms with Crippen molar-refractivity contribution in [2.24, 2.45) is 5.92 Å². The fourth-order valence-electron chi connectivity index (χ4n) is 3.08. The summed E-state index contributed by atoms with van der Waals surface area (Å²) in [5.41, 5.74) is 1.06. The highest BCUT2D eigenvalue weighted by molar-refractivity contribution is 5.85. The first-order valence-corrected chi connectivity index (χ1v) is 7.67. The van der Waals surface area contributed by atoms with Crippen molar-refractivity contribution in [2.75, 3.05) is 0 Å². The van der Waals surface area contributed by atoms with Crippen molar-refractivity contribution in [2.45, 2.75) is 58.8 Å². The van der Waals surface area contributed by atoms with Crippen molar-refractivity contribution in [3.8, 4) is 0 Å². The second-order valence-corrected chi connectivity index (χ2v) is 6.03. The second-order valence-electron chi connectivity index (χ2n) is 6.03. The molecule has 0 aromatic heterocycles. The predicted molar refractivity (Wildman–Crippen MR) is 82.2 cm³/mol. The lowest BCUT2D eigenvalue weighted by atomic mass is 9.99. The number of amides is 1. The van der Waals surface area contributed by atoms with Gasteiger partial charge in [0.1, 0.15) is 6.04 Å². The van der Waals surface area contributed by atoms with Crippen LogP contribution in [-0.2, 0) is 4.79 Å². The molecule has 0 radical (unpaired) electrons. The molecule has 1 aliphatic heterocycles. The quantitative estimate of drug-likeness (QED) is 0.893. The molecular formula is C17H26N2O. The van der Waals surface area contributed by atoms with Gasteiger partial charge in [-0.05, 0) is 31.7 Å². The first kappa shape index (κ1) is 15.0. The number of rotatable bonds is 5. The smallest absolute Gasteiger partial charge is 0.245 e. The number of hydrogen-bond donors (Lipinski definition) is 1. The summed E-state index contributed by atoms with van der Waals surface area (Å²) in [5, 5.41) is 3.42. The molecule has 4 atom stereocenters. The fraction of sp³-hybridized carbons (Fsp3) is 0.588. The number of benzene rings is 1. The average Bonchev–Trinajstić information content (AvgIpc) is 2.74. The number of carbonyl (C=O) groups is 1. The van der Waals surface area contributed by atoms with Gasteiger partial charge in [-0.15, -0.1) is 0 Å². The first-order chi connectivity index (χ1) is 9.54. The van der Waals surface area contributed by atoms with Crippen LogP contribution >= 0.6 is 0 Å². The molecule has 0 aliphatic carbocycles. The van der Waals surface area contributed by atoms with E-state index in [-0.39, 0.29) is 24.2 Å². The maximum absolute atomic E-state index is 12.7. The van der Waals surface area contributed by atoms with Gasteiger partial charge >= 0.3 is 0 Å². The Balaban J connectivity index is 2.11. The van der Waals surface area contributed by atoms with Gasteiger partial charge in [0.2, 0.25) is 5.91 Å². The molecule has 1 heterocycles. The number of hydrogen-bond acceptors (Lipinski definition) is 2. The monoisotopic (exact) mass is 274 g/mol. The minimum atomic E-state index is -0.189. The summed E-state index contributed by atoms with van der Waals surface area (Å²) in [5.74, 6) is 0.861. The van der Waals surface area contributed by atoms with Gasteiger partial charge in [0.25, 0.3) is 0 Å². The normalized spacial score (nSPS) is 25.8. The summed E-state index contributed by atoms with van der Waals surface area (Å²) in [6.45, 7) is 8.70. The van der Waals surface area contributed by atoms with E-state index in [9.17, 15) is 4.79 Å². The Morgan fingerprint density at radius 2 is 1.90 bits per heavy atom. The Hall–Kier alpha value is -1.35. The largest absolute Gasteiger partial charge is 0.323 e. The third kappa shape index (κ3) is 3.04. The zero-order chi connectivity index (χ0) is 14.7. The topological polar surface area (TPSA) is 32.3 Å². The molecule has 3 nitrogen and oxygen atoms in total. The summed E-state index contributed by atoms with van der Waals surface area (Å²) in [4.78, 5) is 14.7. The molecule has 1 aliphatic rings. The van der Waals surface area contributed by atoms with E-state index in [1.165, 1.54) is 0 Å². The van der Waals surface area contributed by atoms with Crippen LogP contribution in [-0.4, -0.2) is 23.0 Å². The highest BCUT2D eigenvalue weighted by Crippen LogP contribution is 2.27. The van der Waals surface area contributed by atoms with Crippen molar-refractivity contribution in [3.63, 3.8) is 0 Å². The van der Waals surface area contributed by atoms with Crippen LogP contribution < -0.4 is 5.32 Å². The van der Waals surface area contributed by atoms with Crippen LogP contribution in [0.15, 0.2) is 30.3 Å². The zero-order valence-corrected chi connectivity index (χ0v) is 13.0.